The van der Waals surface area contributed by atoms with E-state index in [4.69, 9.17) is 17.3 Å². The molecule has 0 saturated carbocycles. The van der Waals surface area contributed by atoms with E-state index in [2.05, 4.69) is 35.3 Å². The molecule has 2 N–H and O–H groups in total. The van der Waals surface area contributed by atoms with Crippen molar-refractivity contribution in [3.05, 3.63) is 23.1 Å². The van der Waals surface area contributed by atoms with Gasteiger partial charge in [0.2, 0.25) is 0 Å². The molecular formula is C14H21ClN4. The van der Waals surface area contributed by atoms with E-state index in [0.29, 0.717) is 10.9 Å². The average Bonchev–Trinajstić information content (AvgIpc) is 2.65. The highest BCUT2D eigenvalue weighted by molar-refractivity contribution is 6.31. The van der Waals surface area contributed by atoms with E-state index in [1.807, 2.05) is 6.07 Å². The zero-order chi connectivity index (χ0) is 14.0. The van der Waals surface area contributed by atoms with Crippen LogP contribution >= 0.6 is 11.6 Å². The molecule has 0 aromatic carbocycles. The van der Waals surface area contributed by atoms with Crippen LogP contribution in [0, 0.1) is 5.92 Å². The van der Waals surface area contributed by atoms with Gasteiger partial charge in [-0.2, -0.15) is 0 Å². The molecule has 104 valence electrons. The van der Waals surface area contributed by atoms with Crippen molar-refractivity contribution in [2.75, 3.05) is 0 Å². The zero-order valence-electron chi connectivity index (χ0n) is 11.7. The Hall–Kier alpha value is -1.13. The number of rotatable bonds is 5. The molecule has 2 rings (SSSR count). The van der Waals surface area contributed by atoms with Crippen LogP contribution in [0.1, 0.15) is 33.0 Å². The zero-order valence-corrected chi connectivity index (χ0v) is 12.5. The average molecular weight is 281 g/mol. The second-order valence-corrected chi connectivity index (χ2v) is 5.84. The summed E-state index contributed by atoms with van der Waals surface area (Å²) < 4.78 is 2.14. The van der Waals surface area contributed by atoms with E-state index < -0.39 is 0 Å². The molecule has 4 nitrogen and oxygen atoms in total. The molecular weight excluding hydrogens is 260 g/mol. The third kappa shape index (κ3) is 3.25. The van der Waals surface area contributed by atoms with Crippen LogP contribution in [0.3, 0.4) is 0 Å². The van der Waals surface area contributed by atoms with Gasteiger partial charge in [-0.1, -0.05) is 32.4 Å². The molecule has 0 aliphatic heterocycles. The number of imidazole rings is 1. The molecule has 0 bridgehead atoms. The molecule has 0 aliphatic carbocycles. The summed E-state index contributed by atoms with van der Waals surface area (Å²) in [5.74, 6) is 1.59. The van der Waals surface area contributed by atoms with Crippen LogP contribution in [0.5, 0.6) is 0 Å². The maximum atomic E-state index is 6.08. The lowest BCUT2D eigenvalue weighted by Gasteiger charge is -2.14. The Balaban J connectivity index is 2.48. The first-order valence-corrected chi connectivity index (χ1v) is 7.15. The summed E-state index contributed by atoms with van der Waals surface area (Å²) in [5.41, 5.74) is 7.81. The fourth-order valence-corrected chi connectivity index (χ4v) is 2.26. The summed E-state index contributed by atoms with van der Waals surface area (Å²) in [7, 11) is 0. The molecule has 2 aromatic heterocycles. The van der Waals surface area contributed by atoms with Gasteiger partial charge in [-0.3, -0.25) is 0 Å². The summed E-state index contributed by atoms with van der Waals surface area (Å²) in [4.78, 5) is 9.07. The van der Waals surface area contributed by atoms with Gasteiger partial charge >= 0.3 is 0 Å². The normalized spacial score (nSPS) is 13.4. The van der Waals surface area contributed by atoms with Gasteiger partial charge in [0.25, 0.3) is 0 Å². The predicted molar refractivity (Wildman–Crippen MR) is 79.3 cm³/mol. The van der Waals surface area contributed by atoms with Crippen LogP contribution < -0.4 is 5.73 Å². The van der Waals surface area contributed by atoms with E-state index in [1.54, 1.807) is 6.20 Å². The molecule has 0 amide bonds. The topological polar surface area (TPSA) is 56.7 Å². The lowest BCUT2D eigenvalue weighted by Crippen LogP contribution is -2.26. The molecule has 1 unspecified atom stereocenters. The minimum absolute atomic E-state index is 0.126. The maximum absolute atomic E-state index is 6.08. The van der Waals surface area contributed by atoms with Gasteiger partial charge in [0.15, 0.2) is 5.65 Å². The Morgan fingerprint density at radius 2 is 2.16 bits per heavy atom. The number of nitrogens with zero attached hydrogens (tertiary/aromatic N) is 3. The van der Waals surface area contributed by atoms with Crippen LogP contribution in [-0.2, 0) is 13.0 Å². The number of halogens is 1. The molecule has 1 atom stereocenters. The smallest absolute Gasteiger partial charge is 0.160 e. The molecule has 2 aromatic rings. The number of hydrogen-bond acceptors (Lipinski definition) is 3. The molecule has 0 spiro atoms. The Labute approximate surface area is 119 Å². The lowest BCUT2D eigenvalue weighted by molar-refractivity contribution is 0.511. The molecule has 0 radical (unpaired) electrons. The van der Waals surface area contributed by atoms with E-state index in [1.165, 1.54) is 0 Å². The summed E-state index contributed by atoms with van der Waals surface area (Å²) in [6, 6.07) is 1.99. The quantitative estimate of drug-likeness (QED) is 0.916. The molecule has 19 heavy (non-hydrogen) atoms. The van der Waals surface area contributed by atoms with Gasteiger partial charge in [-0.15, -0.1) is 0 Å². The van der Waals surface area contributed by atoms with E-state index in [-0.39, 0.29) is 6.04 Å². The van der Waals surface area contributed by atoms with Crippen molar-refractivity contribution < 1.29 is 0 Å². The third-order valence-electron chi connectivity index (χ3n) is 3.16. The van der Waals surface area contributed by atoms with Crippen molar-refractivity contribution in [3.8, 4) is 0 Å². The van der Waals surface area contributed by atoms with Crippen molar-refractivity contribution in [1.29, 1.82) is 0 Å². The predicted octanol–water partition coefficient (Wildman–Crippen LogP) is 3.02. The van der Waals surface area contributed by atoms with E-state index >= 15 is 0 Å². The SMILES string of the molecule is CCC(N)Cn1c(CC(C)C)nc2cc(Cl)cnc21. The van der Waals surface area contributed by atoms with Crippen molar-refractivity contribution in [2.24, 2.45) is 11.7 Å². The Morgan fingerprint density at radius 3 is 2.79 bits per heavy atom. The van der Waals surface area contributed by atoms with Crippen molar-refractivity contribution in [3.63, 3.8) is 0 Å². The van der Waals surface area contributed by atoms with Gasteiger partial charge in [0.05, 0.1) is 5.02 Å². The van der Waals surface area contributed by atoms with E-state index in [9.17, 15) is 0 Å². The fraction of sp³-hybridized carbons (Fsp3) is 0.571. The number of nitrogens with two attached hydrogens (primary N) is 1. The first-order valence-electron chi connectivity index (χ1n) is 6.77. The molecule has 5 heteroatoms. The van der Waals surface area contributed by atoms with Crippen LogP contribution in [-0.4, -0.2) is 20.6 Å². The lowest BCUT2D eigenvalue weighted by atomic mass is 10.1. The highest BCUT2D eigenvalue weighted by Crippen LogP contribution is 2.20. The Kier molecular flexibility index (Phi) is 4.42. The van der Waals surface area contributed by atoms with Gasteiger partial charge in [0, 0.05) is 25.2 Å². The molecule has 0 saturated heterocycles. The number of pyridine rings is 1. The largest absolute Gasteiger partial charge is 0.326 e. The maximum Gasteiger partial charge on any atom is 0.160 e. The Morgan fingerprint density at radius 1 is 1.42 bits per heavy atom. The standard InChI is InChI=1S/C14H21ClN4/c1-4-11(16)8-19-13(5-9(2)3)18-12-6-10(15)7-17-14(12)19/h6-7,9,11H,4-5,8,16H2,1-3H3. The second-order valence-electron chi connectivity index (χ2n) is 5.40. The van der Waals surface area contributed by atoms with Crippen molar-refractivity contribution >= 4 is 22.8 Å². The molecule has 0 aliphatic rings. The molecule has 0 fully saturated rings. The van der Waals surface area contributed by atoms with Crippen LogP contribution in [0.25, 0.3) is 11.2 Å². The van der Waals surface area contributed by atoms with Crippen LogP contribution in [0.15, 0.2) is 12.3 Å². The van der Waals surface area contributed by atoms with Crippen molar-refractivity contribution in [1.82, 2.24) is 14.5 Å². The first kappa shape index (κ1) is 14.3. The summed E-state index contributed by atoms with van der Waals surface area (Å²) in [6.45, 7) is 7.22. The summed E-state index contributed by atoms with van der Waals surface area (Å²) in [5, 5.41) is 0.619. The van der Waals surface area contributed by atoms with Crippen LogP contribution in [0.2, 0.25) is 5.02 Å². The fourth-order valence-electron chi connectivity index (χ4n) is 2.11. The Bertz CT molecular complexity index is 562. The first-order chi connectivity index (χ1) is 9.01. The van der Waals surface area contributed by atoms with Crippen molar-refractivity contribution in [2.45, 2.75) is 46.2 Å². The highest BCUT2D eigenvalue weighted by Gasteiger charge is 2.15. The number of aromatic nitrogens is 3. The van der Waals surface area contributed by atoms with E-state index in [0.717, 1.165) is 36.4 Å². The van der Waals surface area contributed by atoms with Crippen LogP contribution in [0.4, 0.5) is 0 Å². The number of hydrogen-bond donors (Lipinski definition) is 1. The summed E-state index contributed by atoms with van der Waals surface area (Å²) in [6.07, 6.45) is 3.53. The monoisotopic (exact) mass is 280 g/mol. The minimum Gasteiger partial charge on any atom is -0.326 e. The van der Waals surface area contributed by atoms with Gasteiger partial charge in [0.1, 0.15) is 11.3 Å². The van der Waals surface area contributed by atoms with Gasteiger partial charge in [-0.05, 0) is 18.4 Å². The minimum atomic E-state index is 0.126. The number of fused-ring (bicyclic) bond motifs is 1. The summed E-state index contributed by atoms with van der Waals surface area (Å²) >= 11 is 5.98. The molecule has 2 heterocycles. The van der Waals surface area contributed by atoms with Gasteiger partial charge < -0.3 is 10.3 Å². The van der Waals surface area contributed by atoms with Gasteiger partial charge in [-0.25, -0.2) is 9.97 Å². The highest BCUT2D eigenvalue weighted by atomic mass is 35.5. The third-order valence-corrected chi connectivity index (χ3v) is 3.37. The second kappa shape index (κ2) is 5.88.